The van der Waals surface area contributed by atoms with Crippen molar-refractivity contribution in [3.05, 3.63) is 33.7 Å². The fourth-order valence-corrected chi connectivity index (χ4v) is 4.67. The van der Waals surface area contributed by atoms with Crippen molar-refractivity contribution in [2.45, 2.75) is 51.1 Å². The molecular weight excluding hydrogens is 381 g/mol. The van der Waals surface area contributed by atoms with Gasteiger partial charge in [-0.3, -0.25) is 4.79 Å². The van der Waals surface area contributed by atoms with Crippen molar-refractivity contribution in [2.24, 2.45) is 16.5 Å². The summed E-state index contributed by atoms with van der Waals surface area (Å²) < 4.78 is 39.0. The third-order valence-electron chi connectivity index (χ3n) is 6.17. The smallest absolute Gasteiger partial charge is 0.370 e. The molecule has 27 heavy (non-hydrogen) atoms. The van der Waals surface area contributed by atoms with E-state index in [0.717, 1.165) is 50.7 Å². The number of hydrogen-bond acceptors (Lipinski definition) is 3. The summed E-state index contributed by atoms with van der Waals surface area (Å²) in [6, 6.07) is 3.46. The zero-order chi connectivity index (χ0) is 19.7. The van der Waals surface area contributed by atoms with Gasteiger partial charge in [0.05, 0.1) is 16.3 Å². The molecule has 8 heteroatoms. The zero-order valence-electron chi connectivity index (χ0n) is 14.9. The van der Waals surface area contributed by atoms with Crippen LogP contribution in [0, 0.1) is 16.2 Å². The number of carbonyl (C=O) groups is 1. The van der Waals surface area contributed by atoms with E-state index in [-0.39, 0.29) is 17.8 Å². The van der Waals surface area contributed by atoms with E-state index in [2.05, 4.69) is 5.18 Å². The number of halogens is 4. The van der Waals surface area contributed by atoms with Crippen molar-refractivity contribution in [1.29, 1.82) is 0 Å². The Kier molecular flexibility index (Phi) is 5.79. The number of piperidine rings is 1. The van der Waals surface area contributed by atoms with Crippen LogP contribution in [0.5, 0.6) is 0 Å². The summed E-state index contributed by atoms with van der Waals surface area (Å²) in [5.41, 5.74) is -0.0625. The van der Waals surface area contributed by atoms with Crippen molar-refractivity contribution in [2.75, 3.05) is 18.0 Å². The van der Waals surface area contributed by atoms with Crippen LogP contribution in [0.4, 0.5) is 18.9 Å². The van der Waals surface area contributed by atoms with Crippen LogP contribution in [-0.2, 0) is 11.0 Å². The number of rotatable bonds is 3. The first-order chi connectivity index (χ1) is 12.7. The number of carbonyl (C=O) groups excluding carboxylic acids is 1. The summed E-state index contributed by atoms with van der Waals surface area (Å²) >= 11 is 6.16. The largest absolute Gasteiger partial charge is 0.416 e. The Bertz CT molecular complexity index is 705. The van der Waals surface area contributed by atoms with E-state index in [1.54, 1.807) is 0 Å². The lowest BCUT2D eigenvalue weighted by Gasteiger charge is -2.46. The van der Waals surface area contributed by atoms with Crippen LogP contribution >= 0.6 is 11.6 Å². The van der Waals surface area contributed by atoms with Crippen molar-refractivity contribution in [3.8, 4) is 0 Å². The molecule has 4 nitrogen and oxygen atoms in total. The summed E-state index contributed by atoms with van der Waals surface area (Å²) in [5.74, 6) is -0.360. The summed E-state index contributed by atoms with van der Waals surface area (Å²) in [7, 11) is 0. The predicted octanol–water partition coefficient (Wildman–Crippen LogP) is 5.82. The minimum Gasteiger partial charge on any atom is -0.370 e. The molecule has 2 fully saturated rings. The van der Waals surface area contributed by atoms with E-state index in [1.165, 1.54) is 6.07 Å². The van der Waals surface area contributed by atoms with Gasteiger partial charge in [0.1, 0.15) is 0 Å². The van der Waals surface area contributed by atoms with E-state index in [4.69, 9.17) is 11.6 Å². The quantitative estimate of drug-likeness (QED) is 0.598. The lowest BCUT2D eigenvalue weighted by molar-refractivity contribution is -0.137. The van der Waals surface area contributed by atoms with E-state index < -0.39 is 17.6 Å². The van der Waals surface area contributed by atoms with Crippen molar-refractivity contribution < 1.29 is 18.0 Å². The molecule has 1 aliphatic heterocycles. The molecule has 1 saturated heterocycles. The highest BCUT2D eigenvalue weighted by atomic mass is 35.5. The van der Waals surface area contributed by atoms with Gasteiger partial charge in [0.25, 0.3) is 5.91 Å². The van der Waals surface area contributed by atoms with Crippen LogP contribution in [0.2, 0.25) is 5.02 Å². The molecule has 3 rings (SSSR count). The fraction of sp³-hybridized carbons (Fsp3) is 0.632. The summed E-state index contributed by atoms with van der Waals surface area (Å²) in [5, 5.41) is 2.81. The second kappa shape index (κ2) is 7.78. The molecule has 1 aromatic rings. The maximum absolute atomic E-state index is 13.0. The molecule has 0 radical (unpaired) electrons. The topological polar surface area (TPSA) is 49.7 Å². The van der Waals surface area contributed by atoms with Crippen LogP contribution in [0.15, 0.2) is 23.4 Å². The first kappa shape index (κ1) is 20.1. The van der Waals surface area contributed by atoms with Gasteiger partial charge in [-0.2, -0.15) is 13.2 Å². The monoisotopic (exact) mass is 402 g/mol. The number of anilines is 1. The van der Waals surface area contributed by atoms with Crippen LogP contribution in [0.25, 0.3) is 0 Å². The molecule has 1 aromatic carbocycles. The molecule has 1 amide bonds. The molecule has 1 heterocycles. The van der Waals surface area contributed by atoms with Crippen molar-refractivity contribution in [1.82, 2.24) is 0 Å². The van der Waals surface area contributed by atoms with Crippen molar-refractivity contribution >= 4 is 23.2 Å². The highest BCUT2D eigenvalue weighted by molar-refractivity contribution is 6.33. The Morgan fingerprint density at radius 3 is 2.37 bits per heavy atom. The maximum Gasteiger partial charge on any atom is 0.416 e. The van der Waals surface area contributed by atoms with Gasteiger partial charge in [-0.25, -0.2) is 0 Å². The van der Waals surface area contributed by atoms with Gasteiger partial charge >= 0.3 is 6.18 Å². The first-order valence-corrected chi connectivity index (χ1v) is 9.58. The second-order valence-electron chi connectivity index (χ2n) is 7.78. The zero-order valence-corrected chi connectivity index (χ0v) is 15.7. The van der Waals surface area contributed by atoms with Gasteiger partial charge in [0, 0.05) is 24.7 Å². The molecule has 1 saturated carbocycles. The Morgan fingerprint density at radius 2 is 1.81 bits per heavy atom. The number of hydrogen-bond donors (Lipinski definition) is 0. The molecule has 0 unspecified atom stereocenters. The normalized spacial score (nSPS) is 20.7. The van der Waals surface area contributed by atoms with Gasteiger partial charge in [-0.1, -0.05) is 11.6 Å². The maximum atomic E-state index is 13.0. The number of alkyl halides is 3. The third-order valence-corrected chi connectivity index (χ3v) is 6.49. The lowest BCUT2D eigenvalue weighted by Crippen LogP contribution is -2.42. The minimum atomic E-state index is -4.39. The molecule has 0 bridgehead atoms. The van der Waals surface area contributed by atoms with E-state index in [0.29, 0.717) is 23.8 Å². The average molecular weight is 403 g/mol. The number of nitroso groups, excluding NO2 is 1. The number of amides is 1. The standard InChI is InChI=1S/C19H22ClF3N2O2/c20-15-2-1-14(19(21,22)23)12-16(15)25-9-7-18(8-10-25)5-3-13(4-6-18)11-17(26)24-27/h1-2,12-13H,3-11H2. The summed E-state index contributed by atoms with van der Waals surface area (Å²) in [6.45, 7) is 1.33. The predicted molar refractivity (Wildman–Crippen MR) is 97.7 cm³/mol. The first-order valence-electron chi connectivity index (χ1n) is 9.20. The highest BCUT2D eigenvalue weighted by Gasteiger charge is 2.39. The second-order valence-corrected chi connectivity index (χ2v) is 8.19. The van der Waals surface area contributed by atoms with Crippen LogP contribution in [0.3, 0.4) is 0 Å². The van der Waals surface area contributed by atoms with Crippen LogP contribution in [-0.4, -0.2) is 19.0 Å². The third kappa shape index (κ3) is 4.62. The van der Waals surface area contributed by atoms with Gasteiger partial charge in [-0.05, 0) is 68.1 Å². The van der Waals surface area contributed by atoms with Gasteiger partial charge in [-0.15, -0.1) is 4.91 Å². The molecular formula is C19H22ClF3N2O2. The Labute approximate surface area is 161 Å². The molecule has 148 valence electrons. The van der Waals surface area contributed by atoms with Gasteiger partial charge in [0.15, 0.2) is 0 Å². The van der Waals surface area contributed by atoms with Gasteiger partial charge in [0.2, 0.25) is 0 Å². The molecule has 1 aliphatic carbocycles. The molecule has 1 spiro atoms. The molecule has 2 aliphatic rings. The number of nitrogens with zero attached hydrogens (tertiary/aromatic N) is 2. The van der Waals surface area contributed by atoms with Crippen LogP contribution in [0.1, 0.15) is 50.5 Å². The average Bonchev–Trinajstić information content (AvgIpc) is 2.64. The SMILES string of the molecule is O=NC(=O)CC1CCC2(CC1)CCN(c1cc(C(F)(F)F)ccc1Cl)CC2. The Morgan fingerprint density at radius 1 is 1.19 bits per heavy atom. The van der Waals surface area contributed by atoms with Gasteiger partial charge < -0.3 is 4.90 Å². The molecule has 0 atom stereocenters. The van der Waals surface area contributed by atoms with E-state index >= 15 is 0 Å². The van der Waals surface area contributed by atoms with Crippen molar-refractivity contribution in [3.63, 3.8) is 0 Å². The Balaban J connectivity index is 1.61. The minimum absolute atomic E-state index is 0.179. The van der Waals surface area contributed by atoms with Crippen LogP contribution < -0.4 is 4.90 Å². The summed E-state index contributed by atoms with van der Waals surface area (Å²) in [4.78, 5) is 23.4. The fourth-order valence-electron chi connectivity index (χ4n) is 4.43. The highest BCUT2D eigenvalue weighted by Crippen LogP contribution is 2.48. The van der Waals surface area contributed by atoms with E-state index in [9.17, 15) is 22.9 Å². The lowest BCUT2D eigenvalue weighted by atomic mass is 9.65. The molecule has 0 aromatic heterocycles. The summed E-state index contributed by atoms with van der Waals surface area (Å²) in [6.07, 6.45) is 1.38. The molecule has 0 N–H and O–H groups in total. The Hall–Kier alpha value is -1.63. The van der Waals surface area contributed by atoms with E-state index in [1.807, 2.05) is 4.90 Å². The number of benzene rings is 1.